The third kappa shape index (κ3) is 3.43. The number of ether oxygens (including phenoxy) is 1. The largest absolute Gasteiger partial charge is 0.492 e. The van der Waals surface area contributed by atoms with Gasteiger partial charge in [-0.25, -0.2) is 0 Å². The number of benzene rings is 1. The van der Waals surface area contributed by atoms with Gasteiger partial charge in [-0.1, -0.05) is 6.07 Å². The predicted octanol–water partition coefficient (Wildman–Crippen LogP) is 2.99. The van der Waals surface area contributed by atoms with E-state index in [1.165, 1.54) is 0 Å². The Morgan fingerprint density at radius 2 is 2.19 bits per heavy atom. The summed E-state index contributed by atoms with van der Waals surface area (Å²) < 4.78 is 5.56. The molecule has 1 rings (SSSR count). The zero-order valence-corrected chi connectivity index (χ0v) is 9.96. The van der Waals surface area contributed by atoms with E-state index < -0.39 is 0 Å². The predicted molar refractivity (Wildman–Crippen MR) is 64.7 cm³/mol. The van der Waals surface area contributed by atoms with Crippen molar-refractivity contribution in [1.29, 1.82) is 0 Å². The first-order valence-corrected chi connectivity index (χ1v) is 5.29. The van der Waals surface area contributed by atoms with Gasteiger partial charge < -0.3 is 4.74 Å². The molecule has 0 saturated carbocycles. The molecule has 0 radical (unpaired) electrons. The molecule has 16 heavy (non-hydrogen) atoms. The van der Waals surface area contributed by atoms with E-state index in [1.54, 1.807) is 19.9 Å². The van der Waals surface area contributed by atoms with Crippen molar-refractivity contribution in [2.24, 2.45) is 0 Å². The van der Waals surface area contributed by atoms with E-state index in [2.05, 4.69) is 11.8 Å². The Balaban J connectivity index is 2.78. The van der Waals surface area contributed by atoms with Crippen molar-refractivity contribution in [2.75, 3.05) is 6.61 Å². The van der Waals surface area contributed by atoms with Crippen LogP contribution in [0.25, 0.3) is 0 Å². The maximum atomic E-state index is 11.4. The number of carbonyl (C=O) groups is 1. The van der Waals surface area contributed by atoms with Crippen LogP contribution in [-0.4, -0.2) is 12.4 Å². The molecule has 1 aromatic rings. The molecule has 0 spiro atoms. The fraction of sp³-hybridized carbons (Fsp3) is 0.357. The highest BCUT2D eigenvalue weighted by molar-refractivity contribution is 5.96. The van der Waals surface area contributed by atoms with Crippen molar-refractivity contribution in [3.63, 3.8) is 0 Å². The van der Waals surface area contributed by atoms with Crippen LogP contribution in [0.15, 0.2) is 18.2 Å². The number of Topliss-reactive ketones (excluding diaryl/α,β-unsaturated/α-hetero) is 1. The standard InChI is InChI=1S/C14H16O2/c1-4-5-6-9-16-14-10-11(2)7-8-13(14)12(3)15/h7-8,10H,6,9H2,1-3H3. The number of hydrogen-bond acceptors (Lipinski definition) is 2. The summed E-state index contributed by atoms with van der Waals surface area (Å²) >= 11 is 0. The Bertz CT molecular complexity index is 436. The van der Waals surface area contributed by atoms with Gasteiger partial charge >= 0.3 is 0 Å². The van der Waals surface area contributed by atoms with Crippen LogP contribution in [0.1, 0.15) is 36.2 Å². The second-order valence-electron chi connectivity index (χ2n) is 3.58. The molecule has 0 aliphatic carbocycles. The maximum absolute atomic E-state index is 11.4. The Labute approximate surface area is 96.6 Å². The van der Waals surface area contributed by atoms with E-state index in [-0.39, 0.29) is 5.78 Å². The molecule has 0 atom stereocenters. The molecule has 0 unspecified atom stereocenters. The topological polar surface area (TPSA) is 26.3 Å². The zero-order valence-electron chi connectivity index (χ0n) is 9.96. The van der Waals surface area contributed by atoms with E-state index in [0.717, 1.165) is 5.56 Å². The summed E-state index contributed by atoms with van der Waals surface area (Å²) in [7, 11) is 0. The van der Waals surface area contributed by atoms with Crippen LogP contribution in [0.3, 0.4) is 0 Å². The van der Waals surface area contributed by atoms with Gasteiger partial charge in [-0.3, -0.25) is 4.79 Å². The average Bonchev–Trinajstić information content (AvgIpc) is 2.24. The van der Waals surface area contributed by atoms with E-state index in [1.807, 2.05) is 19.1 Å². The van der Waals surface area contributed by atoms with Crippen LogP contribution in [0, 0.1) is 18.8 Å². The molecule has 2 nitrogen and oxygen atoms in total. The molecule has 0 aromatic heterocycles. The number of hydrogen-bond donors (Lipinski definition) is 0. The molecule has 0 aliphatic heterocycles. The fourth-order valence-electron chi connectivity index (χ4n) is 1.38. The monoisotopic (exact) mass is 216 g/mol. The first kappa shape index (κ1) is 12.3. The zero-order chi connectivity index (χ0) is 12.0. The SMILES string of the molecule is CC#CCCOc1cc(C)ccc1C(C)=O. The summed E-state index contributed by atoms with van der Waals surface area (Å²) in [6, 6.07) is 5.60. The lowest BCUT2D eigenvalue weighted by molar-refractivity contribution is 0.101. The highest BCUT2D eigenvalue weighted by atomic mass is 16.5. The molecule has 0 heterocycles. The van der Waals surface area contributed by atoms with Gasteiger partial charge in [0.15, 0.2) is 5.78 Å². The lowest BCUT2D eigenvalue weighted by Crippen LogP contribution is -2.02. The highest BCUT2D eigenvalue weighted by Crippen LogP contribution is 2.20. The van der Waals surface area contributed by atoms with Gasteiger partial charge in [0.25, 0.3) is 0 Å². The molecule has 0 bridgehead atoms. The summed E-state index contributed by atoms with van der Waals surface area (Å²) in [4.78, 5) is 11.4. The van der Waals surface area contributed by atoms with Crippen molar-refractivity contribution in [3.8, 4) is 17.6 Å². The van der Waals surface area contributed by atoms with Gasteiger partial charge in [-0.05, 0) is 38.5 Å². The summed E-state index contributed by atoms with van der Waals surface area (Å²) in [6.45, 7) is 5.84. The Hall–Kier alpha value is -1.75. The molecule has 0 N–H and O–H groups in total. The van der Waals surface area contributed by atoms with Crippen LogP contribution < -0.4 is 4.74 Å². The fourth-order valence-corrected chi connectivity index (χ4v) is 1.38. The molecule has 0 saturated heterocycles. The third-order valence-corrected chi connectivity index (χ3v) is 2.18. The first-order chi connectivity index (χ1) is 7.65. The first-order valence-electron chi connectivity index (χ1n) is 5.29. The second kappa shape index (κ2) is 5.97. The summed E-state index contributed by atoms with van der Waals surface area (Å²) in [5.74, 6) is 6.41. The minimum absolute atomic E-state index is 0.0246. The maximum Gasteiger partial charge on any atom is 0.163 e. The van der Waals surface area contributed by atoms with Gasteiger partial charge in [0.2, 0.25) is 0 Å². The van der Waals surface area contributed by atoms with Crippen molar-refractivity contribution < 1.29 is 9.53 Å². The molecule has 1 aromatic carbocycles. The lowest BCUT2D eigenvalue weighted by atomic mass is 10.1. The minimum Gasteiger partial charge on any atom is -0.492 e. The van der Waals surface area contributed by atoms with Gasteiger partial charge in [0, 0.05) is 6.42 Å². The Morgan fingerprint density at radius 1 is 1.44 bits per heavy atom. The molecule has 0 amide bonds. The Kier molecular flexibility index (Phi) is 4.60. The smallest absolute Gasteiger partial charge is 0.163 e. The van der Waals surface area contributed by atoms with Crippen LogP contribution in [0.4, 0.5) is 0 Å². The number of aryl methyl sites for hydroxylation is 1. The van der Waals surface area contributed by atoms with E-state index in [0.29, 0.717) is 24.3 Å². The lowest BCUT2D eigenvalue weighted by Gasteiger charge is -2.09. The van der Waals surface area contributed by atoms with Gasteiger partial charge in [-0.15, -0.1) is 11.8 Å². The van der Waals surface area contributed by atoms with Crippen molar-refractivity contribution >= 4 is 5.78 Å². The van der Waals surface area contributed by atoms with E-state index in [4.69, 9.17) is 4.74 Å². The summed E-state index contributed by atoms with van der Waals surface area (Å²) in [5, 5.41) is 0. The quantitative estimate of drug-likeness (QED) is 0.439. The molecule has 2 heteroatoms. The third-order valence-electron chi connectivity index (χ3n) is 2.18. The van der Waals surface area contributed by atoms with E-state index >= 15 is 0 Å². The van der Waals surface area contributed by atoms with Crippen molar-refractivity contribution in [3.05, 3.63) is 29.3 Å². The molecular weight excluding hydrogens is 200 g/mol. The van der Waals surface area contributed by atoms with Crippen LogP contribution >= 0.6 is 0 Å². The van der Waals surface area contributed by atoms with Gasteiger partial charge in [0.1, 0.15) is 5.75 Å². The molecule has 0 fully saturated rings. The second-order valence-corrected chi connectivity index (χ2v) is 3.58. The van der Waals surface area contributed by atoms with Crippen molar-refractivity contribution in [2.45, 2.75) is 27.2 Å². The van der Waals surface area contributed by atoms with Gasteiger partial charge in [0.05, 0.1) is 12.2 Å². The average molecular weight is 216 g/mol. The highest BCUT2D eigenvalue weighted by Gasteiger charge is 2.07. The molecule has 84 valence electrons. The van der Waals surface area contributed by atoms with Crippen LogP contribution in [0.2, 0.25) is 0 Å². The summed E-state index contributed by atoms with van der Waals surface area (Å²) in [5.41, 5.74) is 1.72. The van der Waals surface area contributed by atoms with Crippen LogP contribution in [0.5, 0.6) is 5.75 Å². The number of carbonyl (C=O) groups excluding carboxylic acids is 1. The Morgan fingerprint density at radius 3 is 2.81 bits per heavy atom. The van der Waals surface area contributed by atoms with E-state index in [9.17, 15) is 4.79 Å². The van der Waals surface area contributed by atoms with Crippen LogP contribution in [-0.2, 0) is 0 Å². The minimum atomic E-state index is 0.0246. The number of rotatable bonds is 4. The molecule has 0 aliphatic rings. The van der Waals surface area contributed by atoms with Gasteiger partial charge in [-0.2, -0.15) is 0 Å². The molecular formula is C14H16O2. The summed E-state index contributed by atoms with van der Waals surface area (Å²) in [6.07, 6.45) is 0.682. The van der Waals surface area contributed by atoms with Crippen molar-refractivity contribution in [1.82, 2.24) is 0 Å². The normalized spacial score (nSPS) is 9.19. The number of ketones is 1.